The van der Waals surface area contributed by atoms with Gasteiger partial charge in [0.25, 0.3) is 0 Å². The second-order valence-electron chi connectivity index (χ2n) is 4.79. The second kappa shape index (κ2) is 5.00. The van der Waals surface area contributed by atoms with Crippen LogP contribution in [0.3, 0.4) is 0 Å². The average Bonchev–Trinajstić information content (AvgIpc) is 2.25. The van der Waals surface area contributed by atoms with Crippen LogP contribution in [-0.2, 0) is 5.41 Å². The summed E-state index contributed by atoms with van der Waals surface area (Å²) in [6.45, 7) is 6.60. The maximum atomic E-state index is 8.59. The van der Waals surface area contributed by atoms with Crippen LogP contribution in [0.2, 0.25) is 0 Å². The Balaban J connectivity index is 2.85. The molecule has 0 aliphatic carbocycles. The van der Waals surface area contributed by atoms with E-state index in [-0.39, 0.29) is 12.0 Å². The first-order valence-corrected chi connectivity index (χ1v) is 5.32. The second-order valence-corrected chi connectivity index (χ2v) is 4.79. The van der Waals surface area contributed by atoms with Crippen LogP contribution in [0.4, 0.5) is 0 Å². The SMILES string of the molecule is CC(C)(C)c1ccccc1OCC(N)C#N. The molecule has 1 atom stereocenters. The number of ether oxygens (including phenoxy) is 1. The summed E-state index contributed by atoms with van der Waals surface area (Å²) in [6, 6.07) is 9.22. The van der Waals surface area contributed by atoms with Gasteiger partial charge < -0.3 is 10.5 Å². The van der Waals surface area contributed by atoms with Crippen molar-refractivity contribution >= 4 is 0 Å². The zero-order chi connectivity index (χ0) is 12.2. The lowest BCUT2D eigenvalue weighted by atomic mass is 9.86. The smallest absolute Gasteiger partial charge is 0.127 e. The van der Waals surface area contributed by atoms with Crippen LogP contribution < -0.4 is 10.5 Å². The van der Waals surface area contributed by atoms with E-state index in [1.807, 2.05) is 30.3 Å². The molecule has 0 saturated carbocycles. The van der Waals surface area contributed by atoms with Gasteiger partial charge in [0.1, 0.15) is 18.4 Å². The molecule has 0 aromatic heterocycles. The predicted molar refractivity (Wildman–Crippen MR) is 64.2 cm³/mol. The van der Waals surface area contributed by atoms with Crippen molar-refractivity contribution in [3.63, 3.8) is 0 Å². The highest BCUT2D eigenvalue weighted by Crippen LogP contribution is 2.30. The van der Waals surface area contributed by atoms with Gasteiger partial charge in [0.15, 0.2) is 0 Å². The summed E-state index contributed by atoms with van der Waals surface area (Å²) in [7, 11) is 0. The summed E-state index contributed by atoms with van der Waals surface area (Å²) in [6.07, 6.45) is 0. The molecule has 1 aromatic rings. The number of hydrogen-bond donors (Lipinski definition) is 1. The highest BCUT2D eigenvalue weighted by molar-refractivity contribution is 5.38. The molecule has 16 heavy (non-hydrogen) atoms. The Morgan fingerprint density at radius 3 is 2.56 bits per heavy atom. The third kappa shape index (κ3) is 3.25. The number of nitrogens with zero attached hydrogens (tertiary/aromatic N) is 1. The van der Waals surface area contributed by atoms with Crippen molar-refractivity contribution in [2.45, 2.75) is 32.2 Å². The van der Waals surface area contributed by atoms with E-state index in [1.54, 1.807) is 0 Å². The quantitative estimate of drug-likeness (QED) is 0.846. The van der Waals surface area contributed by atoms with Crippen LogP contribution in [-0.4, -0.2) is 12.6 Å². The fourth-order valence-electron chi connectivity index (χ4n) is 1.43. The normalized spacial score (nSPS) is 12.9. The molecule has 0 bridgehead atoms. The van der Waals surface area contributed by atoms with E-state index in [4.69, 9.17) is 15.7 Å². The van der Waals surface area contributed by atoms with Crippen molar-refractivity contribution < 1.29 is 4.74 Å². The van der Waals surface area contributed by atoms with Gasteiger partial charge in [0, 0.05) is 0 Å². The third-order valence-corrected chi connectivity index (χ3v) is 2.28. The van der Waals surface area contributed by atoms with Gasteiger partial charge >= 0.3 is 0 Å². The summed E-state index contributed by atoms with van der Waals surface area (Å²) in [5.41, 5.74) is 6.64. The number of hydrogen-bond acceptors (Lipinski definition) is 3. The molecule has 0 amide bonds. The van der Waals surface area contributed by atoms with Crippen molar-refractivity contribution in [1.82, 2.24) is 0 Å². The molecule has 0 aliphatic rings. The highest BCUT2D eigenvalue weighted by atomic mass is 16.5. The Morgan fingerprint density at radius 1 is 1.38 bits per heavy atom. The number of nitriles is 1. The Labute approximate surface area is 96.8 Å². The molecule has 1 unspecified atom stereocenters. The van der Waals surface area contributed by atoms with Crippen LogP contribution in [0.25, 0.3) is 0 Å². The molecular formula is C13H18N2O. The maximum absolute atomic E-state index is 8.59. The minimum atomic E-state index is -0.576. The zero-order valence-corrected chi connectivity index (χ0v) is 10.0. The Hall–Kier alpha value is -1.53. The minimum absolute atomic E-state index is 0.0212. The van der Waals surface area contributed by atoms with Gasteiger partial charge in [0.05, 0.1) is 6.07 Å². The standard InChI is InChI=1S/C13H18N2O/c1-13(2,3)11-6-4-5-7-12(11)16-9-10(15)8-14/h4-7,10H,9,15H2,1-3H3. The molecule has 3 heteroatoms. The molecule has 0 radical (unpaired) electrons. The van der Waals surface area contributed by atoms with E-state index >= 15 is 0 Å². The molecule has 0 fully saturated rings. The van der Waals surface area contributed by atoms with Gasteiger partial charge in [-0.15, -0.1) is 0 Å². The third-order valence-electron chi connectivity index (χ3n) is 2.28. The Bertz CT molecular complexity index is 388. The van der Waals surface area contributed by atoms with Gasteiger partial charge in [0.2, 0.25) is 0 Å². The van der Waals surface area contributed by atoms with Gasteiger partial charge in [-0.25, -0.2) is 0 Å². The van der Waals surface area contributed by atoms with Gasteiger partial charge in [-0.3, -0.25) is 0 Å². The lowest BCUT2D eigenvalue weighted by Gasteiger charge is -2.22. The van der Waals surface area contributed by atoms with Crippen LogP contribution in [0.5, 0.6) is 5.75 Å². The zero-order valence-electron chi connectivity index (χ0n) is 10.0. The van der Waals surface area contributed by atoms with Crippen LogP contribution >= 0.6 is 0 Å². The first kappa shape index (κ1) is 12.5. The van der Waals surface area contributed by atoms with E-state index in [0.717, 1.165) is 11.3 Å². The molecule has 0 spiro atoms. The van der Waals surface area contributed by atoms with E-state index in [0.29, 0.717) is 0 Å². The van der Waals surface area contributed by atoms with Crippen molar-refractivity contribution in [1.29, 1.82) is 5.26 Å². The number of rotatable bonds is 3. The molecule has 0 heterocycles. The fraction of sp³-hybridized carbons (Fsp3) is 0.462. The van der Waals surface area contributed by atoms with Crippen LogP contribution in [0.1, 0.15) is 26.3 Å². The fourth-order valence-corrected chi connectivity index (χ4v) is 1.43. The maximum Gasteiger partial charge on any atom is 0.127 e. The van der Waals surface area contributed by atoms with Gasteiger partial charge in [-0.05, 0) is 17.0 Å². The first-order chi connectivity index (χ1) is 7.45. The van der Waals surface area contributed by atoms with E-state index < -0.39 is 6.04 Å². The molecule has 0 saturated heterocycles. The summed E-state index contributed by atoms with van der Waals surface area (Å²) >= 11 is 0. The lowest BCUT2D eigenvalue weighted by molar-refractivity contribution is 0.300. The van der Waals surface area contributed by atoms with Crippen molar-refractivity contribution in [3.05, 3.63) is 29.8 Å². The molecule has 1 rings (SSSR count). The largest absolute Gasteiger partial charge is 0.491 e. The average molecular weight is 218 g/mol. The Kier molecular flexibility index (Phi) is 3.92. The van der Waals surface area contributed by atoms with Gasteiger partial charge in [-0.1, -0.05) is 39.0 Å². The summed E-state index contributed by atoms with van der Waals surface area (Å²) in [5.74, 6) is 0.806. The Morgan fingerprint density at radius 2 is 2.00 bits per heavy atom. The number of nitrogens with two attached hydrogens (primary N) is 1. The first-order valence-electron chi connectivity index (χ1n) is 5.32. The molecule has 0 aliphatic heterocycles. The van der Waals surface area contributed by atoms with E-state index in [1.165, 1.54) is 0 Å². The van der Waals surface area contributed by atoms with Crippen molar-refractivity contribution in [2.24, 2.45) is 5.73 Å². The highest BCUT2D eigenvalue weighted by Gasteiger charge is 2.18. The van der Waals surface area contributed by atoms with E-state index in [2.05, 4.69) is 20.8 Å². The molecule has 2 N–H and O–H groups in total. The molecule has 3 nitrogen and oxygen atoms in total. The summed E-state index contributed by atoms with van der Waals surface area (Å²) < 4.78 is 5.57. The number of benzene rings is 1. The lowest BCUT2D eigenvalue weighted by Crippen LogP contribution is -2.26. The summed E-state index contributed by atoms with van der Waals surface area (Å²) in [4.78, 5) is 0. The number of para-hydroxylation sites is 1. The summed E-state index contributed by atoms with van der Waals surface area (Å²) in [5, 5.41) is 8.59. The van der Waals surface area contributed by atoms with E-state index in [9.17, 15) is 0 Å². The molecule has 86 valence electrons. The molecular weight excluding hydrogens is 200 g/mol. The van der Waals surface area contributed by atoms with Crippen molar-refractivity contribution in [3.8, 4) is 11.8 Å². The predicted octanol–water partition coefficient (Wildman–Crippen LogP) is 2.21. The van der Waals surface area contributed by atoms with Crippen LogP contribution in [0.15, 0.2) is 24.3 Å². The molecule has 1 aromatic carbocycles. The van der Waals surface area contributed by atoms with Crippen LogP contribution in [0, 0.1) is 11.3 Å². The minimum Gasteiger partial charge on any atom is -0.491 e. The van der Waals surface area contributed by atoms with Gasteiger partial charge in [-0.2, -0.15) is 5.26 Å². The monoisotopic (exact) mass is 218 g/mol. The van der Waals surface area contributed by atoms with Crippen molar-refractivity contribution in [2.75, 3.05) is 6.61 Å². The topological polar surface area (TPSA) is 59.0 Å².